The maximum Gasteiger partial charge on any atom is 0.341 e. The third-order valence-corrected chi connectivity index (χ3v) is 6.06. The van der Waals surface area contributed by atoms with E-state index in [0.29, 0.717) is 21.9 Å². The molecule has 1 amide bonds. The number of rotatable bonds is 7. The number of benzene rings is 2. The molecule has 3 rings (SSSR count). The third kappa shape index (κ3) is 5.50. The van der Waals surface area contributed by atoms with E-state index in [1.54, 1.807) is 26.0 Å². The highest BCUT2D eigenvalue weighted by Crippen LogP contribution is 2.37. The fraction of sp³-hybridized carbons (Fsp3) is 0.182. The Morgan fingerprint density at radius 3 is 2.50 bits per heavy atom. The second-order valence-corrected chi connectivity index (χ2v) is 9.00. The van der Waals surface area contributed by atoms with Gasteiger partial charge >= 0.3 is 5.97 Å². The number of nitrogens with one attached hydrogen (secondary N) is 1. The smallest absolute Gasteiger partial charge is 0.341 e. The summed E-state index contributed by atoms with van der Waals surface area (Å²) < 4.78 is 12.7. The Kier molecular flexibility index (Phi) is 7.69. The molecule has 1 N–H and O–H groups in total. The zero-order valence-electron chi connectivity index (χ0n) is 16.3. The van der Waals surface area contributed by atoms with E-state index < -0.39 is 12.1 Å². The predicted octanol–water partition coefficient (Wildman–Crippen LogP) is 6.52. The Balaban J connectivity index is 1.84. The maximum atomic E-state index is 12.7. The van der Waals surface area contributed by atoms with Crippen LogP contribution >= 0.6 is 43.2 Å². The van der Waals surface area contributed by atoms with Crippen LogP contribution in [0.15, 0.2) is 62.9 Å². The summed E-state index contributed by atoms with van der Waals surface area (Å²) in [6.07, 6.45) is -0.757. The summed E-state index contributed by atoms with van der Waals surface area (Å²) in [5.74, 6) is -0.267. The summed E-state index contributed by atoms with van der Waals surface area (Å²) in [5.41, 5.74) is 1.91. The van der Waals surface area contributed by atoms with Crippen molar-refractivity contribution in [1.29, 1.82) is 0 Å². The Morgan fingerprint density at radius 1 is 1.10 bits per heavy atom. The van der Waals surface area contributed by atoms with Gasteiger partial charge in [0.1, 0.15) is 16.3 Å². The first kappa shape index (κ1) is 22.5. The molecule has 0 saturated heterocycles. The van der Waals surface area contributed by atoms with Crippen molar-refractivity contribution in [1.82, 2.24) is 0 Å². The summed E-state index contributed by atoms with van der Waals surface area (Å²) in [7, 11) is 0. The van der Waals surface area contributed by atoms with Gasteiger partial charge in [-0.25, -0.2) is 4.79 Å². The summed E-state index contributed by atoms with van der Waals surface area (Å²) in [6, 6.07) is 14.9. The highest BCUT2D eigenvalue weighted by atomic mass is 79.9. The van der Waals surface area contributed by atoms with Gasteiger partial charge in [-0.1, -0.05) is 50.1 Å². The number of carbonyl (C=O) groups excluding carboxylic acids is 2. The van der Waals surface area contributed by atoms with E-state index in [4.69, 9.17) is 9.47 Å². The standard InChI is InChI=1S/C22H19Br2NO4S/c1-3-28-22(27)19-18(14-7-9-15(23)10-8-14)12-30-21(19)25-20(26)13(2)29-17-6-4-5-16(24)11-17/h4-13H,3H2,1-2H3,(H,25,26). The molecule has 0 aliphatic rings. The number of carbonyl (C=O) groups is 2. The molecule has 2 aromatic carbocycles. The average molecular weight is 553 g/mol. The first-order chi connectivity index (χ1) is 14.4. The van der Waals surface area contributed by atoms with Crippen molar-refractivity contribution in [2.24, 2.45) is 0 Å². The molecule has 1 atom stereocenters. The fourth-order valence-corrected chi connectivity index (χ4v) is 4.31. The van der Waals surface area contributed by atoms with Gasteiger partial charge in [0, 0.05) is 19.9 Å². The van der Waals surface area contributed by atoms with Crippen molar-refractivity contribution >= 4 is 60.1 Å². The summed E-state index contributed by atoms with van der Waals surface area (Å²) in [5, 5.41) is 5.09. The quantitative estimate of drug-likeness (QED) is 0.339. The third-order valence-electron chi connectivity index (χ3n) is 4.14. The summed E-state index contributed by atoms with van der Waals surface area (Å²) in [6.45, 7) is 3.64. The van der Waals surface area contributed by atoms with Crippen molar-refractivity contribution in [3.63, 3.8) is 0 Å². The predicted molar refractivity (Wildman–Crippen MR) is 126 cm³/mol. The second-order valence-electron chi connectivity index (χ2n) is 6.29. The van der Waals surface area contributed by atoms with Crippen LogP contribution in [0.1, 0.15) is 24.2 Å². The van der Waals surface area contributed by atoms with Crippen molar-refractivity contribution in [3.05, 3.63) is 68.4 Å². The van der Waals surface area contributed by atoms with Gasteiger partial charge < -0.3 is 14.8 Å². The minimum absolute atomic E-state index is 0.240. The van der Waals surface area contributed by atoms with E-state index in [0.717, 1.165) is 14.5 Å². The molecule has 0 radical (unpaired) electrons. The maximum absolute atomic E-state index is 12.7. The van der Waals surface area contributed by atoms with Crippen LogP contribution in [0.3, 0.4) is 0 Å². The molecule has 0 aliphatic carbocycles. The number of anilines is 1. The lowest BCUT2D eigenvalue weighted by Gasteiger charge is -2.15. The molecule has 30 heavy (non-hydrogen) atoms. The molecular weight excluding hydrogens is 534 g/mol. The van der Waals surface area contributed by atoms with Gasteiger partial charge in [0.2, 0.25) is 0 Å². The van der Waals surface area contributed by atoms with E-state index in [1.807, 2.05) is 41.8 Å². The molecule has 156 valence electrons. The Labute approximate surface area is 195 Å². The molecule has 0 aliphatic heterocycles. The highest BCUT2D eigenvalue weighted by Gasteiger charge is 2.25. The van der Waals surface area contributed by atoms with Crippen molar-refractivity contribution in [2.45, 2.75) is 20.0 Å². The molecule has 0 spiro atoms. The first-order valence-corrected chi connectivity index (χ1v) is 11.6. The molecule has 0 fully saturated rings. The van der Waals surface area contributed by atoms with E-state index in [9.17, 15) is 9.59 Å². The lowest BCUT2D eigenvalue weighted by atomic mass is 10.0. The molecule has 3 aromatic rings. The molecule has 0 saturated carbocycles. The normalized spacial score (nSPS) is 11.6. The van der Waals surface area contributed by atoms with Crippen LogP contribution in [0.2, 0.25) is 0 Å². The second kappa shape index (κ2) is 10.2. The van der Waals surface area contributed by atoms with Gasteiger partial charge in [-0.3, -0.25) is 4.79 Å². The topological polar surface area (TPSA) is 64.6 Å². The molecule has 1 unspecified atom stereocenters. The van der Waals surface area contributed by atoms with Crippen LogP contribution in [0.4, 0.5) is 5.00 Å². The van der Waals surface area contributed by atoms with Crippen molar-refractivity contribution < 1.29 is 19.1 Å². The van der Waals surface area contributed by atoms with Crippen molar-refractivity contribution in [2.75, 3.05) is 11.9 Å². The lowest BCUT2D eigenvalue weighted by molar-refractivity contribution is -0.122. The zero-order chi connectivity index (χ0) is 21.7. The molecular formula is C22H19Br2NO4S. The van der Waals surface area contributed by atoms with Crippen LogP contribution in [0, 0.1) is 0 Å². The highest BCUT2D eigenvalue weighted by molar-refractivity contribution is 9.10. The average Bonchev–Trinajstić information content (AvgIpc) is 3.12. The zero-order valence-corrected chi connectivity index (χ0v) is 20.3. The van der Waals surface area contributed by atoms with Gasteiger partial charge in [-0.15, -0.1) is 11.3 Å². The van der Waals surface area contributed by atoms with Gasteiger partial charge in [0.25, 0.3) is 5.91 Å². The number of halogens is 2. The number of amides is 1. The fourth-order valence-electron chi connectivity index (χ4n) is 2.71. The van der Waals surface area contributed by atoms with E-state index in [2.05, 4.69) is 37.2 Å². The minimum atomic E-state index is -0.757. The van der Waals surface area contributed by atoms with Gasteiger partial charge in [0.15, 0.2) is 6.10 Å². The molecule has 1 heterocycles. The number of esters is 1. The summed E-state index contributed by atoms with van der Waals surface area (Å²) >= 11 is 8.07. The molecule has 1 aromatic heterocycles. The largest absolute Gasteiger partial charge is 0.481 e. The van der Waals surface area contributed by atoms with E-state index in [-0.39, 0.29) is 12.5 Å². The number of ether oxygens (including phenoxy) is 2. The van der Waals surface area contributed by atoms with Crippen LogP contribution in [0.25, 0.3) is 11.1 Å². The molecule has 5 nitrogen and oxygen atoms in total. The van der Waals surface area contributed by atoms with Crippen LogP contribution in [-0.4, -0.2) is 24.6 Å². The molecule has 8 heteroatoms. The molecule has 0 bridgehead atoms. The van der Waals surface area contributed by atoms with Crippen molar-refractivity contribution in [3.8, 4) is 16.9 Å². The Morgan fingerprint density at radius 2 is 1.83 bits per heavy atom. The van der Waals surface area contributed by atoms with Gasteiger partial charge in [-0.2, -0.15) is 0 Å². The van der Waals surface area contributed by atoms with Gasteiger partial charge in [-0.05, 0) is 49.7 Å². The van der Waals surface area contributed by atoms with Crippen LogP contribution < -0.4 is 10.1 Å². The summed E-state index contributed by atoms with van der Waals surface area (Å²) in [4.78, 5) is 25.4. The lowest BCUT2D eigenvalue weighted by Crippen LogP contribution is -2.30. The van der Waals surface area contributed by atoms with E-state index in [1.165, 1.54) is 11.3 Å². The number of hydrogen-bond acceptors (Lipinski definition) is 5. The minimum Gasteiger partial charge on any atom is -0.481 e. The van der Waals surface area contributed by atoms with Crippen LogP contribution in [0.5, 0.6) is 5.75 Å². The van der Waals surface area contributed by atoms with Gasteiger partial charge in [0.05, 0.1) is 6.61 Å². The monoisotopic (exact) mass is 551 g/mol. The van der Waals surface area contributed by atoms with Crippen LogP contribution in [-0.2, 0) is 9.53 Å². The SMILES string of the molecule is CCOC(=O)c1c(-c2ccc(Br)cc2)csc1NC(=O)C(C)Oc1cccc(Br)c1. The Hall–Kier alpha value is -2.16. The van der Waals surface area contributed by atoms with E-state index >= 15 is 0 Å². The number of hydrogen-bond donors (Lipinski definition) is 1. The number of thiophene rings is 1. The first-order valence-electron chi connectivity index (χ1n) is 9.16. The Bertz CT molecular complexity index is 1050.